The van der Waals surface area contributed by atoms with Crippen LogP contribution in [0.2, 0.25) is 0 Å². The predicted octanol–water partition coefficient (Wildman–Crippen LogP) is 3.06. The molecule has 1 heterocycles. The predicted molar refractivity (Wildman–Crippen MR) is 106 cm³/mol. The molecule has 1 aromatic carbocycles. The number of amides is 2. The fourth-order valence-corrected chi connectivity index (χ4v) is 3.18. The van der Waals surface area contributed by atoms with Gasteiger partial charge in [0.2, 0.25) is 0 Å². The maximum absolute atomic E-state index is 13.4. The number of rotatable bonds is 5. The molecule has 0 aromatic heterocycles. The van der Waals surface area contributed by atoms with Gasteiger partial charge in [0.25, 0.3) is 5.91 Å². The van der Waals surface area contributed by atoms with Gasteiger partial charge in [-0.05, 0) is 45.2 Å². The normalized spacial score (nSPS) is 17.1. The molecule has 2 atom stereocenters. The van der Waals surface area contributed by atoms with Crippen molar-refractivity contribution in [3.63, 3.8) is 0 Å². The molecule has 0 saturated carbocycles. The van der Waals surface area contributed by atoms with Crippen LogP contribution in [0.5, 0.6) is 0 Å². The molecule has 1 aliphatic heterocycles. The average molecular weight is 390 g/mol. The van der Waals surface area contributed by atoms with Gasteiger partial charge < -0.3 is 14.8 Å². The van der Waals surface area contributed by atoms with Crippen LogP contribution in [0.1, 0.15) is 47.1 Å². The van der Waals surface area contributed by atoms with Gasteiger partial charge in [-0.3, -0.25) is 9.69 Å². The van der Waals surface area contributed by atoms with Gasteiger partial charge in [-0.2, -0.15) is 0 Å². The minimum absolute atomic E-state index is 0.198. The second kappa shape index (κ2) is 8.63. The van der Waals surface area contributed by atoms with Gasteiger partial charge in [-0.15, -0.1) is 0 Å². The monoisotopic (exact) mass is 390 g/mol. The molecule has 28 heavy (non-hydrogen) atoms. The summed E-state index contributed by atoms with van der Waals surface area (Å²) in [5.74, 6) is -1.01. The summed E-state index contributed by atoms with van der Waals surface area (Å²) in [4.78, 5) is 39.6. The van der Waals surface area contributed by atoms with E-state index in [4.69, 9.17) is 9.47 Å². The summed E-state index contributed by atoms with van der Waals surface area (Å²) in [6.45, 7) is 10.9. The highest BCUT2D eigenvalue weighted by molar-refractivity contribution is 6.05. The number of ether oxygens (including phenoxy) is 2. The van der Waals surface area contributed by atoms with Crippen molar-refractivity contribution in [2.24, 2.45) is 5.92 Å². The zero-order chi connectivity index (χ0) is 21.1. The van der Waals surface area contributed by atoms with E-state index in [1.165, 1.54) is 4.90 Å². The molecule has 0 unspecified atom stereocenters. The Kier molecular flexibility index (Phi) is 6.69. The summed E-state index contributed by atoms with van der Waals surface area (Å²) in [6.07, 6.45) is -0.280. The molecular weight excluding hydrogens is 360 g/mol. The van der Waals surface area contributed by atoms with Crippen LogP contribution >= 0.6 is 0 Å². The zero-order valence-corrected chi connectivity index (χ0v) is 17.4. The van der Waals surface area contributed by atoms with Gasteiger partial charge in [0.15, 0.2) is 0 Å². The first-order valence-electron chi connectivity index (χ1n) is 9.62. The van der Waals surface area contributed by atoms with Gasteiger partial charge in [-0.25, -0.2) is 9.59 Å². The van der Waals surface area contributed by atoms with E-state index >= 15 is 0 Å². The number of para-hydroxylation sites is 1. The van der Waals surface area contributed by atoms with Crippen LogP contribution < -0.4 is 10.2 Å². The van der Waals surface area contributed by atoms with E-state index in [0.717, 1.165) is 5.56 Å². The number of anilines is 1. The van der Waals surface area contributed by atoms with Crippen molar-refractivity contribution >= 4 is 23.7 Å². The number of nitrogens with zero attached hydrogens (tertiary/aromatic N) is 1. The number of alkyl carbamates (subject to hydrolysis) is 1. The molecule has 0 radical (unpaired) electrons. The van der Waals surface area contributed by atoms with Crippen molar-refractivity contribution in [3.05, 3.63) is 29.8 Å². The van der Waals surface area contributed by atoms with Crippen LogP contribution in [-0.2, 0) is 25.5 Å². The quantitative estimate of drug-likeness (QED) is 0.781. The summed E-state index contributed by atoms with van der Waals surface area (Å²) in [5.41, 5.74) is 0.887. The Labute approximate surface area is 166 Å². The van der Waals surface area contributed by atoms with E-state index in [1.54, 1.807) is 33.8 Å². The standard InChI is InChI=1S/C21H30N2O5/c1-7-27-19(25)16-12-14-10-8-9-11-15(14)23(16)18(24)17(13(2)3)22-20(26)28-21(4,5)6/h8-11,13,16-17H,7,12H2,1-6H3,(H,22,26)/t16-,17-/m0/s1. The summed E-state index contributed by atoms with van der Waals surface area (Å²) in [6, 6.07) is 5.80. The third-order valence-electron chi connectivity index (χ3n) is 4.38. The van der Waals surface area contributed by atoms with Crippen LogP contribution in [-0.4, -0.2) is 42.3 Å². The van der Waals surface area contributed by atoms with Crippen molar-refractivity contribution in [1.82, 2.24) is 5.32 Å². The fraction of sp³-hybridized carbons (Fsp3) is 0.571. The zero-order valence-electron chi connectivity index (χ0n) is 17.4. The summed E-state index contributed by atoms with van der Waals surface area (Å²) >= 11 is 0. The highest BCUT2D eigenvalue weighted by Gasteiger charge is 2.42. The first-order valence-corrected chi connectivity index (χ1v) is 9.62. The Bertz CT molecular complexity index is 739. The first-order chi connectivity index (χ1) is 13.0. The number of hydrogen-bond donors (Lipinski definition) is 1. The number of benzene rings is 1. The summed E-state index contributed by atoms with van der Waals surface area (Å²) in [5, 5.41) is 2.67. The molecule has 1 aromatic rings. The molecule has 7 heteroatoms. The van der Waals surface area contributed by atoms with Crippen LogP contribution in [0.15, 0.2) is 24.3 Å². The lowest BCUT2D eigenvalue weighted by molar-refractivity contribution is -0.145. The molecule has 0 aliphatic carbocycles. The van der Waals surface area contributed by atoms with Crippen molar-refractivity contribution in [2.45, 2.75) is 65.6 Å². The molecule has 1 N–H and O–H groups in total. The molecular formula is C21H30N2O5. The highest BCUT2D eigenvalue weighted by Crippen LogP contribution is 2.33. The maximum Gasteiger partial charge on any atom is 0.408 e. The van der Waals surface area contributed by atoms with Crippen molar-refractivity contribution in [1.29, 1.82) is 0 Å². The van der Waals surface area contributed by atoms with E-state index in [-0.39, 0.29) is 18.4 Å². The number of esters is 1. The van der Waals surface area contributed by atoms with E-state index in [0.29, 0.717) is 12.1 Å². The molecule has 2 amide bonds. The largest absolute Gasteiger partial charge is 0.464 e. The van der Waals surface area contributed by atoms with Gasteiger partial charge >= 0.3 is 12.1 Å². The minimum Gasteiger partial charge on any atom is -0.464 e. The van der Waals surface area contributed by atoms with Crippen LogP contribution in [0.25, 0.3) is 0 Å². The van der Waals surface area contributed by atoms with Crippen LogP contribution in [0.3, 0.4) is 0 Å². The Morgan fingerprint density at radius 3 is 2.43 bits per heavy atom. The number of fused-ring (bicyclic) bond motifs is 1. The number of nitrogens with one attached hydrogen (secondary N) is 1. The molecule has 0 fully saturated rings. The van der Waals surface area contributed by atoms with Crippen LogP contribution in [0, 0.1) is 5.92 Å². The molecule has 1 aliphatic rings. The van der Waals surface area contributed by atoms with Crippen molar-refractivity contribution in [2.75, 3.05) is 11.5 Å². The lowest BCUT2D eigenvalue weighted by Crippen LogP contribution is -2.55. The molecule has 154 valence electrons. The average Bonchev–Trinajstić information content (AvgIpc) is 2.97. The number of carbonyl (C=O) groups is 3. The Morgan fingerprint density at radius 1 is 1.21 bits per heavy atom. The number of carbonyl (C=O) groups excluding carboxylic acids is 3. The molecule has 2 rings (SSSR count). The third-order valence-corrected chi connectivity index (χ3v) is 4.38. The molecule has 0 bridgehead atoms. The number of hydrogen-bond acceptors (Lipinski definition) is 5. The van der Waals surface area contributed by atoms with Crippen LogP contribution in [0.4, 0.5) is 10.5 Å². The van der Waals surface area contributed by atoms with E-state index < -0.39 is 29.7 Å². The minimum atomic E-state index is -0.835. The van der Waals surface area contributed by atoms with Crippen molar-refractivity contribution in [3.8, 4) is 0 Å². The van der Waals surface area contributed by atoms with Gasteiger partial charge in [-0.1, -0.05) is 32.0 Å². The second-order valence-electron chi connectivity index (χ2n) is 8.18. The van der Waals surface area contributed by atoms with E-state index in [2.05, 4.69) is 5.32 Å². The van der Waals surface area contributed by atoms with Gasteiger partial charge in [0.1, 0.15) is 17.7 Å². The topological polar surface area (TPSA) is 84.9 Å². The Morgan fingerprint density at radius 2 is 1.86 bits per heavy atom. The van der Waals surface area contributed by atoms with E-state index in [1.807, 2.05) is 32.0 Å². The van der Waals surface area contributed by atoms with E-state index in [9.17, 15) is 14.4 Å². The van der Waals surface area contributed by atoms with Gasteiger partial charge in [0, 0.05) is 12.1 Å². The highest BCUT2D eigenvalue weighted by atomic mass is 16.6. The fourth-order valence-electron chi connectivity index (χ4n) is 3.18. The van der Waals surface area contributed by atoms with Crippen molar-refractivity contribution < 1.29 is 23.9 Å². The smallest absolute Gasteiger partial charge is 0.408 e. The SMILES string of the molecule is CCOC(=O)[C@@H]1Cc2ccccc2N1C(=O)[C@@H](NC(=O)OC(C)(C)C)C(C)C. The van der Waals surface area contributed by atoms with Gasteiger partial charge in [0.05, 0.1) is 6.61 Å². The Hall–Kier alpha value is -2.57. The summed E-state index contributed by atoms with van der Waals surface area (Å²) in [7, 11) is 0. The lowest BCUT2D eigenvalue weighted by atomic mass is 10.0. The maximum atomic E-state index is 13.4. The molecule has 0 spiro atoms. The first kappa shape index (κ1) is 21.7. The lowest BCUT2D eigenvalue weighted by Gasteiger charge is -2.31. The molecule has 0 saturated heterocycles. The summed E-state index contributed by atoms with van der Waals surface area (Å²) < 4.78 is 10.5. The second-order valence-corrected chi connectivity index (χ2v) is 8.18. The Balaban J connectivity index is 2.32. The molecule has 7 nitrogen and oxygen atoms in total. The third kappa shape index (κ3) is 5.03.